The number of fused-ring (bicyclic) bond motifs is 1. The molecule has 0 fully saturated rings. The number of hydrogen-bond donors (Lipinski definition) is 1. The number of aromatic nitrogens is 4. The Morgan fingerprint density at radius 3 is 2.76 bits per heavy atom. The number of benzene rings is 2. The van der Waals surface area contributed by atoms with Crippen LogP contribution in [0.4, 0.5) is 0 Å². The quantitative estimate of drug-likeness (QED) is 0.777. The van der Waals surface area contributed by atoms with Crippen molar-refractivity contribution in [3.8, 4) is 0 Å². The third-order valence-electron chi connectivity index (χ3n) is 4.71. The fourth-order valence-electron chi connectivity index (χ4n) is 3.43. The Morgan fingerprint density at radius 1 is 1.16 bits per heavy atom. The van der Waals surface area contributed by atoms with Crippen LogP contribution >= 0.6 is 0 Å². The SMILES string of the molecule is O=C(N[C@@H]1CCc2ccccc21)[C@H](Cc1ccccc1)n1cnnn1. The van der Waals surface area contributed by atoms with Crippen molar-refractivity contribution in [2.45, 2.75) is 31.3 Å². The molecule has 2 atom stereocenters. The third-order valence-corrected chi connectivity index (χ3v) is 4.71. The summed E-state index contributed by atoms with van der Waals surface area (Å²) in [6, 6.07) is 17.8. The summed E-state index contributed by atoms with van der Waals surface area (Å²) < 4.78 is 1.53. The molecule has 1 heterocycles. The Balaban J connectivity index is 1.54. The minimum absolute atomic E-state index is 0.0541. The topological polar surface area (TPSA) is 72.7 Å². The zero-order chi connectivity index (χ0) is 17.1. The van der Waals surface area contributed by atoms with Gasteiger partial charge in [-0.25, -0.2) is 4.68 Å². The number of tetrazole rings is 1. The molecule has 1 N–H and O–H groups in total. The van der Waals surface area contributed by atoms with E-state index in [1.165, 1.54) is 22.1 Å². The minimum Gasteiger partial charge on any atom is -0.347 e. The van der Waals surface area contributed by atoms with Crippen LogP contribution in [0, 0.1) is 0 Å². The van der Waals surface area contributed by atoms with E-state index in [2.05, 4.69) is 33.0 Å². The van der Waals surface area contributed by atoms with Crippen molar-refractivity contribution in [3.05, 3.63) is 77.6 Å². The third kappa shape index (κ3) is 3.28. The van der Waals surface area contributed by atoms with Crippen LogP contribution in [0.15, 0.2) is 60.9 Å². The highest BCUT2D eigenvalue weighted by Crippen LogP contribution is 2.31. The molecule has 0 bridgehead atoms. The van der Waals surface area contributed by atoms with Crippen LogP contribution in [0.3, 0.4) is 0 Å². The highest BCUT2D eigenvalue weighted by Gasteiger charge is 2.28. The maximum Gasteiger partial charge on any atom is 0.245 e. The summed E-state index contributed by atoms with van der Waals surface area (Å²) in [5.41, 5.74) is 3.60. The number of carbonyl (C=O) groups is 1. The summed E-state index contributed by atoms with van der Waals surface area (Å²) in [5.74, 6) is -0.0575. The van der Waals surface area contributed by atoms with E-state index in [4.69, 9.17) is 0 Å². The Kier molecular flexibility index (Phi) is 4.24. The zero-order valence-corrected chi connectivity index (χ0v) is 13.7. The van der Waals surface area contributed by atoms with Gasteiger partial charge in [-0.1, -0.05) is 54.6 Å². The molecule has 0 saturated carbocycles. The number of amides is 1. The van der Waals surface area contributed by atoms with E-state index in [9.17, 15) is 4.79 Å². The normalized spacial score (nSPS) is 17.0. The first-order valence-electron chi connectivity index (χ1n) is 8.46. The van der Waals surface area contributed by atoms with E-state index in [0.717, 1.165) is 18.4 Å². The summed E-state index contributed by atoms with van der Waals surface area (Å²) >= 11 is 0. The number of carbonyl (C=O) groups excluding carboxylic acids is 1. The van der Waals surface area contributed by atoms with E-state index in [0.29, 0.717) is 6.42 Å². The summed E-state index contributed by atoms with van der Waals surface area (Å²) in [6.07, 6.45) is 3.97. The van der Waals surface area contributed by atoms with Crippen molar-refractivity contribution >= 4 is 5.91 Å². The molecule has 2 aromatic carbocycles. The highest BCUT2D eigenvalue weighted by molar-refractivity contribution is 5.81. The van der Waals surface area contributed by atoms with Gasteiger partial charge in [-0.15, -0.1) is 5.10 Å². The fourth-order valence-corrected chi connectivity index (χ4v) is 3.43. The first kappa shape index (κ1) is 15.5. The molecule has 1 aromatic heterocycles. The van der Waals surface area contributed by atoms with Crippen molar-refractivity contribution in [2.24, 2.45) is 0 Å². The van der Waals surface area contributed by atoms with Gasteiger partial charge in [-0.3, -0.25) is 4.79 Å². The Labute approximate surface area is 145 Å². The predicted octanol–water partition coefficient (Wildman–Crippen LogP) is 2.26. The van der Waals surface area contributed by atoms with Crippen LogP contribution in [0.2, 0.25) is 0 Å². The van der Waals surface area contributed by atoms with E-state index in [1.54, 1.807) is 0 Å². The second kappa shape index (κ2) is 6.84. The maximum atomic E-state index is 13.0. The largest absolute Gasteiger partial charge is 0.347 e. The molecule has 0 aliphatic heterocycles. The molecule has 126 valence electrons. The Hall–Kier alpha value is -3.02. The number of nitrogens with zero attached hydrogens (tertiary/aromatic N) is 4. The van der Waals surface area contributed by atoms with Gasteiger partial charge in [-0.05, 0) is 40.0 Å². The van der Waals surface area contributed by atoms with E-state index < -0.39 is 6.04 Å². The van der Waals surface area contributed by atoms with E-state index in [-0.39, 0.29) is 11.9 Å². The van der Waals surface area contributed by atoms with Crippen LogP contribution < -0.4 is 5.32 Å². The Morgan fingerprint density at radius 2 is 1.96 bits per heavy atom. The fraction of sp³-hybridized carbons (Fsp3) is 0.263. The molecule has 6 nitrogen and oxygen atoms in total. The molecular weight excluding hydrogens is 314 g/mol. The molecule has 4 rings (SSSR count). The molecule has 0 spiro atoms. The zero-order valence-electron chi connectivity index (χ0n) is 13.7. The van der Waals surface area contributed by atoms with Crippen molar-refractivity contribution in [1.29, 1.82) is 0 Å². The highest BCUT2D eigenvalue weighted by atomic mass is 16.2. The number of aryl methyl sites for hydroxylation is 1. The second-order valence-corrected chi connectivity index (χ2v) is 6.29. The summed E-state index contributed by atoms with van der Waals surface area (Å²) in [4.78, 5) is 13.0. The monoisotopic (exact) mass is 333 g/mol. The number of rotatable bonds is 5. The van der Waals surface area contributed by atoms with Crippen LogP contribution in [0.1, 0.15) is 35.2 Å². The maximum absolute atomic E-state index is 13.0. The van der Waals surface area contributed by atoms with Crippen molar-refractivity contribution < 1.29 is 4.79 Å². The van der Waals surface area contributed by atoms with Gasteiger partial charge >= 0.3 is 0 Å². The van der Waals surface area contributed by atoms with Crippen LogP contribution in [-0.4, -0.2) is 26.1 Å². The average molecular weight is 333 g/mol. The summed E-state index contributed by atoms with van der Waals surface area (Å²) in [5, 5.41) is 14.5. The Bertz CT molecular complexity index is 847. The lowest BCUT2D eigenvalue weighted by molar-refractivity contribution is -0.125. The molecule has 0 saturated heterocycles. The van der Waals surface area contributed by atoms with Gasteiger partial charge < -0.3 is 5.32 Å². The van der Waals surface area contributed by atoms with E-state index in [1.807, 2.05) is 42.5 Å². The predicted molar refractivity (Wildman–Crippen MR) is 92.6 cm³/mol. The second-order valence-electron chi connectivity index (χ2n) is 6.29. The standard InChI is InChI=1S/C19H19N5O/c25-19(21-17-11-10-15-8-4-5-9-16(15)17)18(24-13-20-22-23-24)12-14-6-2-1-3-7-14/h1-9,13,17-18H,10-12H2,(H,21,25)/t17-,18+/m1/s1. The molecule has 0 radical (unpaired) electrons. The van der Waals surface area contributed by atoms with E-state index >= 15 is 0 Å². The molecule has 25 heavy (non-hydrogen) atoms. The lowest BCUT2D eigenvalue weighted by atomic mass is 10.0. The van der Waals surface area contributed by atoms with Crippen molar-refractivity contribution in [1.82, 2.24) is 25.5 Å². The lowest BCUT2D eigenvalue weighted by Gasteiger charge is -2.20. The number of hydrogen-bond acceptors (Lipinski definition) is 4. The van der Waals surface area contributed by atoms with Crippen molar-refractivity contribution in [3.63, 3.8) is 0 Å². The summed E-state index contributed by atoms with van der Waals surface area (Å²) in [6.45, 7) is 0. The van der Waals surface area contributed by atoms with Crippen LogP contribution in [0.5, 0.6) is 0 Å². The molecule has 3 aromatic rings. The first-order valence-corrected chi connectivity index (χ1v) is 8.46. The van der Waals surface area contributed by atoms with Gasteiger partial charge in [0.25, 0.3) is 0 Å². The van der Waals surface area contributed by atoms with Gasteiger partial charge in [-0.2, -0.15) is 0 Å². The molecule has 1 aliphatic carbocycles. The molecule has 1 amide bonds. The first-order chi connectivity index (χ1) is 12.3. The van der Waals surface area contributed by atoms with Crippen LogP contribution in [-0.2, 0) is 17.6 Å². The van der Waals surface area contributed by atoms with Gasteiger partial charge in [0.15, 0.2) is 0 Å². The smallest absolute Gasteiger partial charge is 0.245 e. The molecule has 0 unspecified atom stereocenters. The van der Waals surface area contributed by atoms with Crippen molar-refractivity contribution in [2.75, 3.05) is 0 Å². The number of nitrogens with one attached hydrogen (secondary N) is 1. The van der Waals surface area contributed by atoms with Gasteiger partial charge in [0, 0.05) is 6.42 Å². The minimum atomic E-state index is -0.467. The van der Waals surface area contributed by atoms with Gasteiger partial charge in [0.2, 0.25) is 5.91 Å². The average Bonchev–Trinajstić information content (AvgIpc) is 3.31. The van der Waals surface area contributed by atoms with Crippen LogP contribution in [0.25, 0.3) is 0 Å². The molecule has 1 aliphatic rings. The molecule has 6 heteroatoms. The molecular formula is C19H19N5O. The van der Waals surface area contributed by atoms with Gasteiger partial charge in [0.1, 0.15) is 12.4 Å². The van der Waals surface area contributed by atoms with Gasteiger partial charge in [0.05, 0.1) is 6.04 Å². The lowest BCUT2D eigenvalue weighted by Crippen LogP contribution is -2.36. The summed E-state index contributed by atoms with van der Waals surface area (Å²) in [7, 11) is 0.